The van der Waals surface area contributed by atoms with Crippen LogP contribution in [-0.4, -0.2) is 0 Å². The molecule has 2 aromatic rings. The van der Waals surface area contributed by atoms with Crippen LogP contribution in [0.4, 0.5) is 0 Å². The maximum Gasteiger partial charge on any atom is 0.0332 e. The van der Waals surface area contributed by atoms with Gasteiger partial charge in [0.15, 0.2) is 0 Å². The van der Waals surface area contributed by atoms with Crippen molar-refractivity contribution in [1.29, 1.82) is 0 Å². The molecule has 0 heterocycles. The summed E-state index contributed by atoms with van der Waals surface area (Å²) in [5, 5.41) is 2.67. The van der Waals surface area contributed by atoms with Crippen molar-refractivity contribution >= 4 is 10.8 Å². The normalized spacial score (nSPS) is 24.9. The number of fused-ring (bicyclic) bond motifs is 1. The molecule has 2 N–H and O–H groups in total. The fraction of sp³-hybridized carbons (Fsp3) is 0.375. The van der Waals surface area contributed by atoms with Crippen LogP contribution >= 0.6 is 0 Å². The van der Waals surface area contributed by atoms with Crippen molar-refractivity contribution in [1.82, 2.24) is 0 Å². The first-order valence-electron chi connectivity index (χ1n) is 6.42. The number of aryl methyl sites for hydroxylation is 1. The minimum Gasteiger partial charge on any atom is -0.324 e. The predicted octanol–water partition coefficient (Wildman–Crippen LogP) is 3.80. The van der Waals surface area contributed by atoms with Crippen molar-refractivity contribution in [2.75, 3.05) is 0 Å². The van der Waals surface area contributed by atoms with Gasteiger partial charge in [-0.2, -0.15) is 0 Å². The third-order valence-corrected chi connectivity index (χ3v) is 4.17. The lowest BCUT2D eigenvalue weighted by Gasteiger charge is -2.15. The first kappa shape index (κ1) is 10.8. The van der Waals surface area contributed by atoms with E-state index in [0.29, 0.717) is 5.92 Å². The minimum absolute atomic E-state index is 0.204. The first-order chi connectivity index (χ1) is 8.18. The van der Waals surface area contributed by atoms with Crippen molar-refractivity contribution in [3.05, 3.63) is 47.5 Å². The molecular weight excluding hydrogens is 206 g/mol. The second kappa shape index (κ2) is 3.85. The van der Waals surface area contributed by atoms with E-state index in [-0.39, 0.29) is 6.04 Å². The van der Waals surface area contributed by atoms with E-state index in [1.807, 2.05) is 0 Å². The summed E-state index contributed by atoms with van der Waals surface area (Å²) < 4.78 is 0. The lowest BCUT2D eigenvalue weighted by Crippen LogP contribution is -2.14. The van der Waals surface area contributed by atoms with Gasteiger partial charge in [-0.25, -0.2) is 0 Å². The zero-order chi connectivity index (χ0) is 12.0. The van der Waals surface area contributed by atoms with Crippen LogP contribution in [0.2, 0.25) is 0 Å². The summed E-state index contributed by atoms with van der Waals surface area (Å²) in [6.07, 6.45) is 1.28. The Kier molecular flexibility index (Phi) is 2.44. The molecular formula is C16H19N. The highest BCUT2D eigenvalue weighted by Crippen LogP contribution is 2.46. The van der Waals surface area contributed by atoms with E-state index in [9.17, 15) is 0 Å². The molecule has 0 aliphatic heterocycles. The Labute approximate surface area is 103 Å². The molecule has 17 heavy (non-hydrogen) atoms. The van der Waals surface area contributed by atoms with Crippen LogP contribution < -0.4 is 5.73 Å². The molecule has 0 spiro atoms. The molecule has 3 unspecified atom stereocenters. The van der Waals surface area contributed by atoms with E-state index < -0.39 is 0 Å². The standard InChI is InChI=1S/C16H19N/c1-10-7-8-14(16(17)15-9-11(15)2)13-6-4-3-5-12(10)13/h3-8,11,15-16H,9,17H2,1-2H3. The van der Waals surface area contributed by atoms with Gasteiger partial charge in [0.25, 0.3) is 0 Å². The summed E-state index contributed by atoms with van der Waals surface area (Å²) in [5.41, 5.74) is 9.06. The van der Waals surface area contributed by atoms with Crippen molar-refractivity contribution in [3.63, 3.8) is 0 Å². The van der Waals surface area contributed by atoms with Gasteiger partial charge in [0, 0.05) is 6.04 Å². The molecule has 1 aliphatic carbocycles. The molecule has 0 aromatic heterocycles. The Morgan fingerprint density at radius 3 is 2.41 bits per heavy atom. The predicted molar refractivity (Wildman–Crippen MR) is 72.9 cm³/mol. The highest BCUT2D eigenvalue weighted by atomic mass is 14.7. The molecule has 88 valence electrons. The maximum atomic E-state index is 6.41. The third kappa shape index (κ3) is 1.75. The monoisotopic (exact) mass is 225 g/mol. The van der Waals surface area contributed by atoms with E-state index >= 15 is 0 Å². The molecule has 1 saturated carbocycles. The topological polar surface area (TPSA) is 26.0 Å². The van der Waals surface area contributed by atoms with Gasteiger partial charge in [0.1, 0.15) is 0 Å². The molecule has 0 bridgehead atoms. The van der Waals surface area contributed by atoms with Gasteiger partial charge >= 0.3 is 0 Å². The highest BCUT2D eigenvalue weighted by Gasteiger charge is 2.38. The molecule has 1 heteroatoms. The van der Waals surface area contributed by atoms with Crippen LogP contribution in [0.25, 0.3) is 10.8 Å². The quantitative estimate of drug-likeness (QED) is 0.826. The second-order valence-electron chi connectivity index (χ2n) is 5.42. The minimum atomic E-state index is 0.204. The molecule has 0 radical (unpaired) electrons. The van der Waals surface area contributed by atoms with Gasteiger partial charge < -0.3 is 5.73 Å². The average Bonchev–Trinajstić information content (AvgIpc) is 3.07. The van der Waals surface area contributed by atoms with E-state index in [4.69, 9.17) is 5.73 Å². The zero-order valence-corrected chi connectivity index (χ0v) is 10.5. The van der Waals surface area contributed by atoms with E-state index in [0.717, 1.165) is 5.92 Å². The molecule has 0 saturated heterocycles. The van der Waals surface area contributed by atoms with Crippen LogP contribution in [0.5, 0.6) is 0 Å². The largest absolute Gasteiger partial charge is 0.324 e. The van der Waals surface area contributed by atoms with Crippen molar-refractivity contribution < 1.29 is 0 Å². The molecule has 2 aromatic carbocycles. The van der Waals surface area contributed by atoms with Gasteiger partial charge in [0.05, 0.1) is 0 Å². The SMILES string of the molecule is Cc1ccc(C(N)C2CC2C)c2ccccc12. The van der Waals surface area contributed by atoms with Gasteiger partial charge in [-0.1, -0.05) is 43.3 Å². The van der Waals surface area contributed by atoms with Gasteiger partial charge in [-0.05, 0) is 47.1 Å². The maximum absolute atomic E-state index is 6.41. The van der Waals surface area contributed by atoms with Crippen molar-refractivity contribution in [2.45, 2.75) is 26.3 Å². The Hall–Kier alpha value is -1.34. The third-order valence-electron chi connectivity index (χ3n) is 4.17. The first-order valence-corrected chi connectivity index (χ1v) is 6.42. The van der Waals surface area contributed by atoms with Crippen LogP contribution in [0.3, 0.4) is 0 Å². The van der Waals surface area contributed by atoms with Crippen LogP contribution in [0.15, 0.2) is 36.4 Å². The smallest absolute Gasteiger partial charge is 0.0332 e. The number of nitrogens with two attached hydrogens (primary N) is 1. The molecule has 1 aliphatic rings. The van der Waals surface area contributed by atoms with Crippen molar-refractivity contribution in [2.24, 2.45) is 17.6 Å². The second-order valence-corrected chi connectivity index (χ2v) is 5.42. The number of hydrogen-bond donors (Lipinski definition) is 1. The van der Waals surface area contributed by atoms with Crippen LogP contribution in [-0.2, 0) is 0 Å². The Balaban J connectivity index is 2.13. The highest BCUT2D eigenvalue weighted by molar-refractivity contribution is 5.89. The number of rotatable bonds is 2. The summed E-state index contributed by atoms with van der Waals surface area (Å²) in [4.78, 5) is 0. The van der Waals surface area contributed by atoms with Crippen molar-refractivity contribution in [3.8, 4) is 0 Å². The fourth-order valence-electron chi connectivity index (χ4n) is 2.85. The summed E-state index contributed by atoms with van der Waals surface area (Å²) in [7, 11) is 0. The number of benzene rings is 2. The molecule has 0 amide bonds. The summed E-state index contributed by atoms with van der Waals surface area (Å²) in [6.45, 7) is 4.46. The van der Waals surface area contributed by atoms with Crippen LogP contribution in [0.1, 0.15) is 30.5 Å². The van der Waals surface area contributed by atoms with E-state index in [1.165, 1.54) is 28.3 Å². The van der Waals surface area contributed by atoms with Crippen LogP contribution in [0, 0.1) is 18.8 Å². The summed E-state index contributed by atoms with van der Waals surface area (Å²) >= 11 is 0. The molecule has 1 nitrogen and oxygen atoms in total. The lowest BCUT2D eigenvalue weighted by atomic mass is 9.93. The average molecular weight is 225 g/mol. The van der Waals surface area contributed by atoms with E-state index in [1.54, 1.807) is 0 Å². The summed E-state index contributed by atoms with van der Waals surface area (Å²) in [5.74, 6) is 1.48. The molecule has 3 atom stereocenters. The Morgan fingerprint density at radius 1 is 1.12 bits per heavy atom. The molecule has 1 fully saturated rings. The summed E-state index contributed by atoms with van der Waals surface area (Å²) in [6, 6.07) is 13.2. The fourth-order valence-corrected chi connectivity index (χ4v) is 2.85. The lowest BCUT2D eigenvalue weighted by molar-refractivity contribution is 0.597. The van der Waals surface area contributed by atoms with Gasteiger partial charge in [0.2, 0.25) is 0 Å². The Bertz CT molecular complexity index is 558. The zero-order valence-electron chi connectivity index (χ0n) is 10.5. The van der Waals surface area contributed by atoms with Gasteiger partial charge in [-0.15, -0.1) is 0 Å². The van der Waals surface area contributed by atoms with Gasteiger partial charge in [-0.3, -0.25) is 0 Å². The Morgan fingerprint density at radius 2 is 1.76 bits per heavy atom. The molecule has 3 rings (SSSR count). The van der Waals surface area contributed by atoms with E-state index in [2.05, 4.69) is 50.2 Å². The number of hydrogen-bond acceptors (Lipinski definition) is 1.